The molecule has 0 fully saturated rings. The van der Waals surface area contributed by atoms with E-state index in [1.54, 1.807) is 7.05 Å². The molecule has 0 bridgehead atoms. The summed E-state index contributed by atoms with van der Waals surface area (Å²) in [6, 6.07) is 7.58. The van der Waals surface area contributed by atoms with Gasteiger partial charge in [0.05, 0.1) is 0 Å². The second kappa shape index (κ2) is 6.88. The molecule has 0 N–H and O–H groups in total. The van der Waals surface area contributed by atoms with Gasteiger partial charge in [0.15, 0.2) is 11.2 Å². The average Bonchev–Trinajstić information content (AvgIpc) is 3.06. The molecule has 1 aliphatic heterocycles. The maximum Gasteiger partial charge on any atom is 0.332 e. The number of aryl methyl sites for hydroxylation is 2. The first-order chi connectivity index (χ1) is 13.0. The Morgan fingerprint density at radius 1 is 1.22 bits per heavy atom. The van der Waals surface area contributed by atoms with E-state index < -0.39 is 0 Å². The van der Waals surface area contributed by atoms with Gasteiger partial charge in [-0.15, -0.1) is 0 Å². The predicted molar refractivity (Wildman–Crippen MR) is 107 cm³/mol. The molecule has 3 heterocycles. The summed E-state index contributed by atoms with van der Waals surface area (Å²) < 4.78 is 4.75. The molecular weight excluding hydrogens is 366 g/mol. The molecule has 0 amide bonds. The fraction of sp³-hybridized carbons (Fsp3) is 0.421. The van der Waals surface area contributed by atoms with E-state index in [4.69, 9.17) is 11.6 Å². The van der Waals surface area contributed by atoms with E-state index in [1.807, 2.05) is 35.8 Å². The van der Waals surface area contributed by atoms with Crippen LogP contribution in [0.3, 0.4) is 0 Å². The van der Waals surface area contributed by atoms with Gasteiger partial charge >= 0.3 is 5.69 Å². The molecule has 0 unspecified atom stereocenters. The quantitative estimate of drug-likeness (QED) is 0.690. The van der Waals surface area contributed by atoms with Crippen LogP contribution in [0, 0.1) is 0 Å². The Hall–Kier alpha value is -2.54. The summed E-state index contributed by atoms with van der Waals surface area (Å²) in [6.45, 7) is 3.94. The second-order valence-corrected chi connectivity index (χ2v) is 7.31. The Morgan fingerprint density at radius 2 is 2.04 bits per heavy atom. The molecule has 0 atom stereocenters. The van der Waals surface area contributed by atoms with Crippen LogP contribution < -0.4 is 16.1 Å². The molecule has 4 rings (SSSR count). The lowest BCUT2D eigenvalue weighted by molar-refractivity contribution is 0.560. The monoisotopic (exact) mass is 387 g/mol. The Morgan fingerprint density at radius 3 is 2.78 bits per heavy atom. The van der Waals surface area contributed by atoms with Crippen molar-refractivity contribution in [3.8, 4) is 0 Å². The van der Waals surface area contributed by atoms with Gasteiger partial charge in [0, 0.05) is 37.4 Å². The van der Waals surface area contributed by atoms with E-state index in [9.17, 15) is 9.59 Å². The van der Waals surface area contributed by atoms with E-state index in [0.717, 1.165) is 31.5 Å². The molecule has 8 heteroatoms. The van der Waals surface area contributed by atoms with E-state index in [2.05, 4.69) is 9.88 Å². The highest BCUT2D eigenvalue weighted by Crippen LogP contribution is 2.32. The molecule has 27 heavy (non-hydrogen) atoms. The van der Waals surface area contributed by atoms with Gasteiger partial charge in [0.25, 0.3) is 5.56 Å². The van der Waals surface area contributed by atoms with Crippen molar-refractivity contribution in [3.05, 3.63) is 50.1 Å². The maximum atomic E-state index is 13.1. The first kappa shape index (κ1) is 17.9. The zero-order chi connectivity index (χ0) is 19.1. The van der Waals surface area contributed by atoms with Crippen molar-refractivity contribution in [1.82, 2.24) is 18.7 Å². The Bertz CT molecular complexity index is 1130. The lowest BCUT2D eigenvalue weighted by atomic mass is 10.2. The molecule has 0 aliphatic carbocycles. The molecule has 1 aliphatic rings. The lowest BCUT2D eigenvalue weighted by Crippen LogP contribution is -2.40. The van der Waals surface area contributed by atoms with E-state index in [1.165, 1.54) is 9.13 Å². The van der Waals surface area contributed by atoms with Gasteiger partial charge in [0.2, 0.25) is 5.95 Å². The first-order valence-electron chi connectivity index (χ1n) is 9.26. The molecule has 0 saturated carbocycles. The number of hydrogen-bond donors (Lipinski definition) is 0. The molecule has 0 radical (unpaired) electrons. The molecular formula is C19H22ClN5O2. The van der Waals surface area contributed by atoms with Gasteiger partial charge in [-0.3, -0.25) is 13.9 Å². The Labute approximate surface area is 161 Å². The van der Waals surface area contributed by atoms with Crippen LogP contribution in [0.4, 0.5) is 11.6 Å². The van der Waals surface area contributed by atoms with E-state index in [-0.39, 0.29) is 11.2 Å². The second-order valence-electron chi connectivity index (χ2n) is 6.87. The van der Waals surface area contributed by atoms with Crippen molar-refractivity contribution in [2.75, 3.05) is 11.4 Å². The van der Waals surface area contributed by atoms with Gasteiger partial charge in [-0.2, -0.15) is 4.98 Å². The summed E-state index contributed by atoms with van der Waals surface area (Å²) in [7, 11) is 1.68. The number of hydrogen-bond acceptors (Lipinski definition) is 4. The molecule has 3 aromatic rings. The summed E-state index contributed by atoms with van der Waals surface area (Å²) in [4.78, 5) is 32.5. The largest absolute Gasteiger partial charge is 0.332 e. The number of imidazole rings is 1. The Balaban J connectivity index is 1.95. The topological polar surface area (TPSA) is 65.1 Å². The summed E-state index contributed by atoms with van der Waals surface area (Å²) in [5.74, 6) is 0.679. The Kier molecular flexibility index (Phi) is 4.55. The van der Waals surface area contributed by atoms with Crippen LogP contribution in [-0.4, -0.2) is 25.2 Å². The van der Waals surface area contributed by atoms with Crippen LogP contribution in [0.15, 0.2) is 33.9 Å². The van der Waals surface area contributed by atoms with Crippen molar-refractivity contribution in [3.63, 3.8) is 0 Å². The third-order valence-electron chi connectivity index (χ3n) is 5.07. The number of anilines is 2. The average molecular weight is 388 g/mol. The molecule has 142 valence electrons. The van der Waals surface area contributed by atoms with Gasteiger partial charge in [-0.25, -0.2) is 4.79 Å². The van der Waals surface area contributed by atoms with Crippen LogP contribution in [0.5, 0.6) is 0 Å². The van der Waals surface area contributed by atoms with Crippen molar-refractivity contribution in [2.45, 2.75) is 39.3 Å². The first-order valence-corrected chi connectivity index (χ1v) is 9.64. The number of halogens is 1. The summed E-state index contributed by atoms with van der Waals surface area (Å²) >= 11 is 6.16. The van der Waals surface area contributed by atoms with E-state index >= 15 is 0 Å². The lowest BCUT2D eigenvalue weighted by Gasteiger charge is -2.29. The fourth-order valence-electron chi connectivity index (χ4n) is 3.67. The highest BCUT2D eigenvalue weighted by molar-refractivity contribution is 6.30. The zero-order valence-electron chi connectivity index (χ0n) is 15.5. The smallest absolute Gasteiger partial charge is 0.312 e. The van der Waals surface area contributed by atoms with Gasteiger partial charge in [-0.1, -0.05) is 31.0 Å². The predicted octanol–water partition coefficient (Wildman–Crippen LogP) is 2.89. The van der Waals surface area contributed by atoms with Crippen LogP contribution in [0.1, 0.15) is 26.2 Å². The molecule has 0 spiro atoms. The number of fused-ring (bicyclic) bond motifs is 3. The SMILES string of the molecule is CCCCn1c(=O)c2c(nc3n2CCCN3c2cccc(Cl)c2)n(C)c1=O. The van der Waals surface area contributed by atoms with Crippen molar-refractivity contribution >= 4 is 34.4 Å². The summed E-state index contributed by atoms with van der Waals surface area (Å²) in [5, 5.41) is 0.648. The van der Waals surface area contributed by atoms with Gasteiger partial charge in [-0.05, 0) is 31.0 Å². The third-order valence-corrected chi connectivity index (χ3v) is 5.31. The highest BCUT2D eigenvalue weighted by atomic mass is 35.5. The number of unbranched alkanes of at least 4 members (excludes halogenated alkanes) is 1. The fourth-order valence-corrected chi connectivity index (χ4v) is 3.85. The maximum absolute atomic E-state index is 13.1. The number of aromatic nitrogens is 4. The minimum atomic E-state index is -0.314. The highest BCUT2D eigenvalue weighted by Gasteiger charge is 2.26. The third kappa shape index (κ3) is 2.86. The summed E-state index contributed by atoms with van der Waals surface area (Å²) in [6.07, 6.45) is 2.58. The number of benzene rings is 1. The van der Waals surface area contributed by atoms with E-state index in [0.29, 0.717) is 35.2 Å². The summed E-state index contributed by atoms with van der Waals surface area (Å²) in [5.41, 5.74) is 1.28. The van der Waals surface area contributed by atoms with Gasteiger partial charge < -0.3 is 9.47 Å². The molecule has 2 aromatic heterocycles. The van der Waals surface area contributed by atoms with Crippen LogP contribution >= 0.6 is 11.6 Å². The molecule has 1 aromatic carbocycles. The van der Waals surface area contributed by atoms with Crippen molar-refractivity contribution in [2.24, 2.45) is 7.05 Å². The minimum Gasteiger partial charge on any atom is -0.312 e. The van der Waals surface area contributed by atoms with Crippen molar-refractivity contribution < 1.29 is 0 Å². The zero-order valence-corrected chi connectivity index (χ0v) is 16.2. The van der Waals surface area contributed by atoms with Crippen LogP contribution in [-0.2, 0) is 20.1 Å². The van der Waals surface area contributed by atoms with Crippen LogP contribution in [0.25, 0.3) is 11.2 Å². The normalized spacial score (nSPS) is 14.0. The number of nitrogens with zero attached hydrogens (tertiary/aromatic N) is 5. The molecule has 7 nitrogen and oxygen atoms in total. The molecule has 0 saturated heterocycles. The standard InChI is InChI=1S/C19H22ClN5O2/c1-3-4-9-25-17(26)15-16(22(2)19(25)27)21-18-23(10-6-11-24(15)18)14-8-5-7-13(20)12-14/h5,7-8,12H,3-4,6,9-11H2,1-2H3. The number of rotatable bonds is 4. The van der Waals surface area contributed by atoms with Crippen LogP contribution in [0.2, 0.25) is 5.02 Å². The van der Waals surface area contributed by atoms with Crippen molar-refractivity contribution in [1.29, 1.82) is 0 Å². The van der Waals surface area contributed by atoms with Gasteiger partial charge in [0.1, 0.15) is 0 Å². The minimum absolute atomic E-state index is 0.256.